The number of piperidine rings is 1. The molecule has 2 aromatic heterocycles. The first-order chi connectivity index (χ1) is 14.9. The van der Waals surface area contributed by atoms with E-state index in [1.54, 1.807) is 34.0 Å². The van der Waals surface area contributed by atoms with Crippen molar-refractivity contribution < 1.29 is 9.59 Å². The third kappa shape index (κ3) is 5.94. The molecule has 0 aromatic carbocycles. The van der Waals surface area contributed by atoms with Gasteiger partial charge in [0.1, 0.15) is 11.0 Å². The zero-order valence-corrected chi connectivity index (χ0v) is 19.2. The van der Waals surface area contributed by atoms with Gasteiger partial charge in [0.25, 0.3) is 0 Å². The molecule has 0 aliphatic carbocycles. The van der Waals surface area contributed by atoms with E-state index in [0.29, 0.717) is 36.9 Å². The average Bonchev–Trinajstić information content (AvgIpc) is 3.04. The van der Waals surface area contributed by atoms with Crippen LogP contribution in [0.4, 0.5) is 5.82 Å². The summed E-state index contributed by atoms with van der Waals surface area (Å²) >= 11 is 6.44. The Morgan fingerprint density at radius 1 is 1.26 bits per heavy atom. The maximum atomic E-state index is 12.6. The maximum absolute atomic E-state index is 12.6. The van der Waals surface area contributed by atoms with Gasteiger partial charge < -0.3 is 10.2 Å². The monoisotopic (exact) mass is 443 g/mol. The van der Waals surface area contributed by atoms with Gasteiger partial charge in [0, 0.05) is 43.4 Å². The molecule has 2 amide bonds. The van der Waals surface area contributed by atoms with Crippen LogP contribution in [0.1, 0.15) is 49.4 Å². The summed E-state index contributed by atoms with van der Waals surface area (Å²) < 4.78 is 1.79. The Balaban J connectivity index is 1.52. The number of amides is 2. The molecule has 1 aliphatic heterocycles. The predicted molar refractivity (Wildman–Crippen MR) is 123 cm³/mol. The van der Waals surface area contributed by atoms with Gasteiger partial charge in [0.05, 0.1) is 5.69 Å². The molecule has 1 saturated heterocycles. The van der Waals surface area contributed by atoms with Crippen LogP contribution in [0.15, 0.2) is 24.4 Å². The summed E-state index contributed by atoms with van der Waals surface area (Å²) in [7, 11) is 0. The molecule has 0 radical (unpaired) electrons. The van der Waals surface area contributed by atoms with Crippen LogP contribution in [-0.2, 0) is 16.1 Å². The predicted octanol–water partition coefficient (Wildman–Crippen LogP) is 4.24. The number of unbranched alkanes of at least 4 members (excludes halogenated alkanes) is 1. The van der Waals surface area contributed by atoms with Crippen LogP contribution in [0, 0.1) is 19.8 Å². The minimum absolute atomic E-state index is 0.0408. The van der Waals surface area contributed by atoms with Crippen LogP contribution in [0.2, 0.25) is 5.15 Å². The number of nitrogens with one attached hydrogen (secondary N) is 1. The molecular formula is C23H30ClN5O2. The molecule has 1 aliphatic rings. The van der Waals surface area contributed by atoms with E-state index >= 15 is 0 Å². The summed E-state index contributed by atoms with van der Waals surface area (Å²) in [6.45, 7) is 7.83. The lowest BCUT2D eigenvalue weighted by Crippen LogP contribution is -2.40. The molecule has 0 atom stereocenters. The molecule has 0 spiro atoms. The van der Waals surface area contributed by atoms with E-state index in [2.05, 4.69) is 22.3 Å². The summed E-state index contributed by atoms with van der Waals surface area (Å²) in [6, 6.07) is 3.71. The molecule has 0 bridgehead atoms. The fourth-order valence-corrected chi connectivity index (χ4v) is 3.93. The number of likely N-dealkylation sites (tertiary alicyclic amines) is 1. The Morgan fingerprint density at radius 2 is 2.00 bits per heavy atom. The van der Waals surface area contributed by atoms with Gasteiger partial charge in [0.15, 0.2) is 0 Å². The molecular weight excluding hydrogens is 414 g/mol. The first kappa shape index (κ1) is 23.0. The highest BCUT2D eigenvalue weighted by Gasteiger charge is 2.27. The zero-order valence-electron chi connectivity index (χ0n) is 18.4. The van der Waals surface area contributed by atoms with E-state index in [0.717, 1.165) is 36.2 Å². The van der Waals surface area contributed by atoms with Crippen LogP contribution in [0.5, 0.6) is 0 Å². The van der Waals surface area contributed by atoms with E-state index in [1.807, 2.05) is 19.9 Å². The summed E-state index contributed by atoms with van der Waals surface area (Å²) in [5.74, 6) is 0.324. The summed E-state index contributed by atoms with van der Waals surface area (Å²) in [6.07, 6.45) is 8.36. The van der Waals surface area contributed by atoms with Crippen LogP contribution in [0.3, 0.4) is 0 Å². The van der Waals surface area contributed by atoms with Crippen LogP contribution in [0.25, 0.3) is 6.08 Å². The Morgan fingerprint density at radius 3 is 2.65 bits per heavy atom. The van der Waals surface area contributed by atoms with Crippen molar-refractivity contribution in [1.82, 2.24) is 19.7 Å². The topological polar surface area (TPSA) is 80.1 Å². The maximum Gasteiger partial charge on any atom is 0.246 e. The van der Waals surface area contributed by atoms with Gasteiger partial charge in [-0.15, -0.1) is 0 Å². The number of hydrogen-bond donors (Lipinski definition) is 1. The van der Waals surface area contributed by atoms with E-state index in [9.17, 15) is 9.59 Å². The second-order valence-electron chi connectivity index (χ2n) is 8.01. The first-order valence-electron chi connectivity index (χ1n) is 10.8. The van der Waals surface area contributed by atoms with Gasteiger partial charge in [0.2, 0.25) is 11.8 Å². The highest BCUT2D eigenvalue weighted by atomic mass is 35.5. The van der Waals surface area contributed by atoms with E-state index in [4.69, 9.17) is 11.6 Å². The van der Waals surface area contributed by atoms with Gasteiger partial charge in [-0.1, -0.05) is 31.0 Å². The number of aryl methyl sites for hydroxylation is 3. The molecule has 1 fully saturated rings. The first-order valence-corrected chi connectivity index (χ1v) is 11.2. The van der Waals surface area contributed by atoms with E-state index < -0.39 is 0 Å². The molecule has 166 valence electrons. The second kappa shape index (κ2) is 10.6. The van der Waals surface area contributed by atoms with Gasteiger partial charge in [-0.05, 0) is 50.8 Å². The number of nitrogens with zero attached hydrogens (tertiary/aromatic N) is 4. The number of rotatable bonds is 7. The normalized spacial score (nSPS) is 14.9. The third-order valence-corrected chi connectivity index (χ3v) is 5.96. The molecule has 7 nitrogen and oxygen atoms in total. The molecule has 0 unspecified atom stereocenters. The fourth-order valence-electron chi connectivity index (χ4n) is 3.60. The second-order valence-corrected chi connectivity index (χ2v) is 8.37. The number of hydrogen-bond acceptors (Lipinski definition) is 4. The number of anilines is 1. The van der Waals surface area contributed by atoms with Crippen molar-refractivity contribution in [3.63, 3.8) is 0 Å². The Bertz CT molecular complexity index is 944. The van der Waals surface area contributed by atoms with Crippen molar-refractivity contribution in [2.75, 3.05) is 18.4 Å². The standard InChI is InChI=1S/C23H30ClN5O2/c1-4-5-12-29-22(24)19(17(3)27-29)7-9-21(30)28-13-10-18(11-14-28)23(31)26-20-8-6-16(2)15-25-20/h6-9,15,18H,4-5,10-14H2,1-3H3,(H,25,26,31)/b9-7+. The summed E-state index contributed by atoms with van der Waals surface area (Å²) in [5.41, 5.74) is 2.64. The SMILES string of the molecule is CCCCn1nc(C)c(/C=C/C(=O)N2CCC(C(=O)Nc3ccc(C)cn3)CC2)c1Cl. The number of aromatic nitrogens is 3. The number of carbonyl (C=O) groups excluding carboxylic acids is 2. The molecule has 31 heavy (non-hydrogen) atoms. The van der Waals surface area contributed by atoms with Crippen LogP contribution < -0.4 is 5.32 Å². The van der Waals surface area contributed by atoms with Crippen molar-refractivity contribution in [3.8, 4) is 0 Å². The summed E-state index contributed by atoms with van der Waals surface area (Å²) in [4.78, 5) is 31.1. The Hall–Kier alpha value is -2.67. The molecule has 1 N–H and O–H groups in total. The lowest BCUT2D eigenvalue weighted by Gasteiger charge is -2.30. The van der Waals surface area contributed by atoms with Crippen molar-refractivity contribution in [1.29, 1.82) is 0 Å². The van der Waals surface area contributed by atoms with Crippen LogP contribution >= 0.6 is 11.6 Å². The number of halogens is 1. The Labute approximate surface area is 188 Å². The van der Waals surface area contributed by atoms with Gasteiger partial charge in [-0.3, -0.25) is 14.3 Å². The molecule has 2 aromatic rings. The summed E-state index contributed by atoms with van der Waals surface area (Å²) in [5, 5.41) is 7.90. The molecule has 3 rings (SSSR count). The van der Waals surface area contributed by atoms with Gasteiger partial charge >= 0.3 is 0 Å². The Kier molecular flexibility index (Phi) is 7.85. The van der Waals surface area contributed by atoms with Crippen molar-refractivity contribution in [2.45, 2.75) is 53.0 Å². The molecule has 3 heterocycles. The highest BCUT2D eigenvalue weighted by Crippen LogP contribution is 2.23. The van der Waals surface area contributed by atoms with Crippen LogP contribution in [-0.4, -0.2) is 44.6 Å². The van der Waals surface area contributed by atoms with E-state index in [-0.39, 0.29) is 17.7 Å². The lowest BCUT2D eigenvalue weighted by molar-refractivity contribution is -0.130. The average molecular weight is 444 g/mol. The lowest BCUT2D eigenvalue weighted by atomic mass is 9.96. The minimum Gasteiger partial charge on any atom is -0.339 e. The van der Waals surface area contributed by atoms with Crippen molar-refractivity contribution in [3.05, 3.63) is 46.4 Å². The number of pyridine rings is 1. The van der Waals surface area contributed by atoms with E-state index in [1.165, 1.54) is 0 Å². The smallest absolute Gasteiger partial charge is 0.246 e. The number of carbonyl (C=O) groups is 2. The fraction of sp³-hybridized carbons (Fsp3) is 0.478. The highest BCUT2D eigenvalue weighted by molar-refractivity contribution is 6.31. The molecule has 8 heteroatoms. The third-order valence-electron chi connectivity index (χ3n) is 5.57. The van der Waals surface area contributed by atoms with Gasteiger partial charge in [-0.2, -0.15) is 5.10 Å². The largest absolute Gasteiger partial charge is 0.339 e. The van der Waals surface area contributed by atoms with Crippen molar-refractivity contribution >= 4 is 35.3 Å². The zero-order chi connectivity index (χ0) is 22.4. The quantitative estimate of drug-likeness (QED) is 0.649. The minimum atomic E-state index is -0.121. The van der Waals surface area contributed by atoms with Gasteiger partial charge in [-0.25, -0.2) is 4.98 Å². The van der Waals surface area contributed by atoms with Crippen molar-refractivity contribution in [2.24, 2.45) is 5.92 Å². The molecule has 0 saturated carbocycles.